The Morgan fingerprint density at radius 3 is 2.41 bits per heavy atom. The van der Waals surface area contributed by atoms with E-state index in [4.69, 9.17) is 4.74 Å². The van der Waals surface area contributed by atoms with E-state index in [1.54, 1.807) is 12.0 Å². The number of fused-ring (bicyclic) bond motifs is 2. The third-order valence-electron chi connectivity index (χ3n) is 7.35. The quantitative estimate of drug-likeness (QED) is 0.349. The molecular weight excluding hydrogens is 462 g/mol. The van der Waals surface area contributed by atoms with Crippen molar-refractivity contribution in [1.29, 1.82) is 0 Å². The third-order valence-corrected chi connectivity index (χ3v) is 7.35. The Morgan fingerprint density at radius 2 is 1.68 bits per heavy atom. The predicted octanol–water partition coefficient (Wildman–Crippen LogP) is 5.87. The van der Waals surface area contributed by atoms with Crippen LogP contribution in [0.1, 0.15) is 58.8 Å². The molecule has 2 unspecified atom stereocenters. The van der Waals surface area contributed by atoms with Crippen molar-refractivity contribution in [3.05, 3.63) is 101 Å². The first-order valence-corrected chi connectivity index (χ1v) is 12.7. The van der Waals surface area contributed by atoms with Crippen LogP contribution in [0.25, 0.3) is 10.9 Å². The summed E-state index contributed by atoms with van der Waals surface area (Å²) in [6, 6.07) is 23.1. The van der Waals surface area contributed by atoms with Crippen LogP contribution in [-0.4, -0.2) is 41.5 Å². The van der Waals surface area contributed by atoms with Crippen LogP contribution in [0.15, 0.2) is 79.0 Å². The Bertz CT molecular complexity index is 1440. The Morgan fingerprint density at radius 1 is 0.973 bits per heavy atom. The summed E-state index contributed by atoms with van der Waals surface area (Å²) in [5.41, 5.74) is 5.27. The number of nitrogens with one attached hydrogen (secondary N) is 1. The van der Waals surface area contributed by atoms with Crippen molar-refractivity contribution in [2.45, 2.75) is 31.7 Å². The molecule has 0 saturated heterocycles. The van der Waals surface area contributed by atoms with E-state index in [2.05, 4.69) is 35.9 Å². The second kappa shape index (κ2) is 10.2. The number of carbonyl (C=O) groups excluding carboxylic acids is 2. The van der Waals surface area contributed by atoms with Crippen LogP contribution in [0.5, 0.6) is 0 Å². The minimum atomic E-state index is -0.596. The third kappa shape index (κ3) is 4.53. The topological polar surface area (TPSA) is 63.6 Å². The molecule has 0 fully saturated rings. The fourth-order valence-electron chi connectivity index (χ4n) is 5.44. The Balaban J connectivity index is 1.64. The summed E-state index contributed by atoms with van der Waals surface area (Å²) in [4.78, 5) is 29.7. The second-order valence-electron chi connectivity index (χ2n) is 9.98. The van der Waals surface area contributed by atoms with Gasteiger partial charge in [0.1, 0.15) is 0 Å². The van der Waals surface area contributed by atoms with Crippen LogP contribution in [-0.2, 0) is 16.6 Å². The SMILES string of the molecule is COCCN1C(=O)c2ccccc2C(C(=O)Nc2ccc(C(C)C)cc2)C1c1cn(C)c2ccccc12. The molecule has 1 aliphatic heterocycles. The van der Waals surface area contributed by atoms with Gasteiger partial charge in [-0.1, -0.05) is 62.4 Å². The zero-order chi connectivity index (χ0) is 26.1. The van der Waals surface area contributed by atoms with Crippen molar-refractivity contribution in [3.8, 4) is 0 Å². The Hall–Kier alpha value is -3.90. The lowest BCUT2D eigenvalue weighted by Gasteiger charge is -2.41. The fourth-order valence-corrected chi connectivity index (χ4v) is 5.44. The maximum atomic E-state index is 14.1. The monoisotopic (exact) mass is 495 g/mol. The molecule has 0 saturated carbocycles. The highest BCUT2D eigenvalue weighted by atomic mass is 16.5. The molecule has 1 aromatic heterocycles. The van der Waals surface area contributed by atoms with Gasteiger partial charge in [0, 0.05) is 54.6 Å². The number of nitrogens with zero attached hydrogens (tertiary/aromatic N) is 2. The molecule has 3 aromatic carbocycles. The molecular formula is C31H33N3O3. The van der Waals surface area contributed by atoms with E-state index in [-0.39, 0.29) is 11.8 Å². The Kier molecular flexibility index (Phi) is 6.85. The van der Waals surface area contributed by atoms with E-state index in [1.807, 2.05) is 73.9 Å². The maximum absolute atomic E-state index is 14.1. The fraction of sp³-hybridized carbons (Fsp3) is 0.290. The highest BCUT2D eigenvalue weighted by Gasteiger charge is 2.45. The summed E-state index contributed by atoms with van der Waals surface area (Å²) in [7, 11) is 3.62. The molecule has 6 nitrogen and oxygen atoms in total. The smallest absolute Gasteiger partial charge is 0.254 e. The van der Waals surface area contributed by atoms with Gasteiger partial charge >= 0.3 is 0 Å². The van der Waals surface area contributed by atoms with Crippen molar-refractivity contribution >= 4 is 28.4 Å². The molecule has 2 amide bonds. The average Bonchev–Trinajstić information content (AvgIpc) is 3.24. The van der Waals surface area contributed by atoms with E-state index in [9.17, 15) is 9.59 Å². The summed E-state index contributed by atoms with van der Waals surface area (Å²) in [6.45, 7) is 5.05. The summed E-state index contributed by atoms with van der Waals surface area (Å²) in [5, 5.41) is 4.18. The number of aryl methyl sites for hydroxylation is 1. The molecule has 2 atom stereocenters. The van der Waals surface area contributed by atoms with Gasteiger partial charge < -0.3 is 19.5 Å². The number of methoxy groups -OCH3 is 1. The van der Waals surface area contributed by atoms with Gasteiger partial charge in [-0.25, -0.2) is 0 Å². The molecule has 6 heteroatoms. The van der Waals surface area contributed by atoms with Crippen molar-refractivity contribution in [1.82, 2.24) is 9.47 Å². The lowest BCUT2D eigenvalue weighted by Crippen LogP contribution is -2.47. The number of para-hydroxylation sites is 1. The molecule has 0 spiro atoms. The van der Waals surface area contributed by atoms with E-state index >= 15 is 0 Å². The molecule has 1 N–H and O–H groups in total. The first kappa shape index (κ1) is 24.8. The van der Waals surface area contributed by atoms with Crippen LogP contribution in [0.2, 0.25) is 0 Å². The number of hydrogen-bond acceptors (Lipinski definition) is 3. The Labute approximate surface area is 217 Å². The molecule has 2 heterocycles. The number of rotatable bonds is 7. The highest BCUT2D eigenvalue weighted by Crippen LogP contribution is 2.45. The summed E-state index contributed by atoms with van der Waals surface area (Å²) in [6.07, 6.45) is 2.05. The van der Waals surface area contributed by atoms with Crippen molar-refractivity contribution in [2.75, 3.05) is 25.6 Å². The number of amides is 2. The van der Waals surface area contributed by atoms with E-state index in [1.165, 1.54) is 5.56 Å². The lowest BCUT2D eigenvalue weighted by molar-refractivity contribution is -0.119. The molecule has 37 heavy (non-hydrogen) atoms. The van der Waals surface area contributed by atoms with Gasteiger partial charge in [-0.05, 0) is 41.3 Å². The number of hydrogen-bond donors (Lipinski definition) is 1. The zero-order valence-electron chi connectivity index (χ0n) is 21.8. The molecule has 4 aromatic rings. The normalized spacial score (nSPS) is 17.3. The standard InChI is InChI=1S/C31H33N3O3/c1-20(2)21-13-15-22(16-14-21)32-30(35)28-24-10-5-6-11-25(24)31(36)34(17-18-37-4)29(28)26-19-33(3)27-12-8-7-9-23(26)27/h5-16,19-20,28-29H,17-18H2,1-4H3,(H,32,35). The zero-order valence-corrected chi connectivity index (χ0v) is 21.8. The van der Waals surface area contributed by atoms with Gasteiger partial charge in [0.15, 0.2) is 0 Å². The maximum Gasteiger partial charge on any atom is 0.254 e. The number of aromatic nitrogens is 1. The molecule has 0 bridgehead atoms. The summed E-state index contributed by atoms with van der Waals surface area (Å²) >= 11 is 0. The molecule has 1 aliphatic rings. The highest BCUT2D eigenvalue weighted by molar-refractivity contribution is 6.05. The second-order valence-corrected chi connectivity index (χ2v) is 9.98. The minimum absolute atomic E-state index is 0.0871. The average molecular weight is 496 g/mol. The van der Waals surface area contributed by atoms with Gasteiger partial charge in [0.05, 0.1) is 18.6 Å². The molecule has 0 aliphatic carbocycles. The van der Waals surface area contributed by atoms with E-state index in [0.29, 0.717) is 24.6 Å². The van der Waals surface area contributed by atoms with Crippen LogP contribution in [0.4, 0.5) is 5.69 Å². The molecule has 0 radical (unpaired) electrons. The number of benzene rings is 3. The van der Waals surface area contributed by atoms with E-state index in [0.717, 1.165) is 27.7 Å². The lowest BCUT2D eigenvalue weighted by atomic mass is 9.79. The van der Waals surface area contributed by atoms with Crippen LogP contribution < -0.4 is 5.32 Å². The number of ether oxygens (including phenoxy) is 1. The predicted molar refractivity (Wildman–Crippen MR) is 147 cm³/mol. The largest absolute Gasteiger partial charge is 0.383 e. The van der Waals surface area contributed by atoms with Gasteiger partial charge in [0.25, 0.3) is 5.91 Å². The van der Waals surface area contributed by atoms with E-state index < -0.39 is 12.0 Å². The van der Waals surface area contributed by atoms with Crippen molar-refractivity contribution in [2.24, 2.45) is 7.05 Å². The first-order chi connectivity index (χ1) is 17.9. The molecule has 190 valence electrons. The molecule has 5 rings (SSSR count). The van der Waals surface area contributed by atoms with Crippen LogP contribution >= 0.6 is 0 Å². The van der Waals surface area contributed by atoms with Crippen LogP contribution in [0, 0.1) is 0 Å². The van der Waals surface area contributed by atoms with Gasteiger partial charge in [-0.15, -0.1) is 0 Å². The van der Waals surface area contributed by atoms with Crippen LogP contribution in [0.3, 0.4) is 0 Å². The van der Waals surface area contributed by atoms with Gasteiger partial charge in [-0.2, -0.15) is 0 Å². The van der Waals surface area contributed by atoms with Crippen molar-refractivity contribution < 1.29 is 14.3 Å². The summed E-state index contributed by atoms with van der Waals surface area (Å²) in [5.74, 6) is -0.416. The number of anilines is 1. The summed E-state index contributed by atoms with van der Waals surface area (Å²) < 4.78 is 7.44. The number of carbonyl (C=O) groups is 2. The minimum Gasteiger partial charge on any atom is -0.383 e. The van der Waals surface area contributed by atoms with Gasteiger partial charge in [-0.3, -0.25) is 9.59 Å². The van der Waals surface area contributed by atoms with Gasteiger partial charge in [0.2, 0.25) is 5.91 Å². The van der Waals surface area contributed by atoms with Crippen molar-refractivity contribution in [3.63, 3.8) is 0 Å². The first-order valence-electron chi connectivity index (χ1n) is 12.7.